The van der Waals surface area contributed by atoms with Gasteiger partial charge in [-0.2, -0.15) is 11.8 Å². The van der Waals surface area contributed by atoms with Crippen molar-refractivity contribution in [2.45, 2.75) is 6.42 Å². The third-order valence-electron chi connectivity index (χ3n) is 2.70. The minimum Gasteiger partial charge on any atom is -0.507 e. The minimum atomic E-state index is -0.0718. The number of carbonyl (C=O) groups is 1. The number of halogens is 1. The Morgan fingerprint density at radius 3 is 2.94 bits per heavy atom. The summed E-state index contributed by atoms with van der Waals surface area (Å²) < 4.78 is 0.776. The maximum Gasteiger partial charge on any atom is 0.257 e. The number of amides is 1. The van der Waals surface area contributed by atoms with Crippen molar-refractivity contribution in [3.05, 3.63) is 28.2 Å². The number of phenolic OH excluding ortho intramolecular Hbond substituents is 1. The molecule has 1 aliphatic heterocycles. The second-order valence-electron chi connectivity index (χ2n) is 3.92. The lowest BCUT2D eigenvalue weighted by Crippen LogP contribution is -2.32. The van der Waals surface area contributed by atoms with E-state index in [1.807, 2.05) is 16.7 Å². The summed E-state index contributed by atoms with van der Waals surface area (Å²) in [6.45, 7) is 1.54. The number of aromatic hydroxyl groups is 1. The molecule has 0 aromatic heterocycles. The first kappa shape index (κ1) is 12.8. The molecule has 1 amide bonds. The van der Waals surface area contributed by atoms with E-state index in [0.717, 1.165) is 35.5 Å². The summed E-state index contributed by atoms with van der Waals surface area (Å²) in [7, 11) is 0. The van der Waals surface area contributed by atoms with Gasteiger partial charge in [0, 0.05) is 23.3 Å². The van der Waals surface area contributed by atoms with Crippen LogP contribution < -0.4 is 0 Å². The second-order valence-corrected chi connectivity index (χ2v) is 6.06. The lowest BCUT2D eigenvalue weighted by Gasteiger charge is -2.20. The zero-order chi connectivity index (χ0) is 12.3. The molecule has 0 radical (unpaired) electrons. The number of hydrogen-bond acceptors (Lipinski definition) is 3. The van der Waals surface area contributed by atoms with Gasteiger partial charge in [0.15, 0.2) is 0 Å². The van der Waals surface area contributed by atoms with Crippen molar-refractivity contribution in [1.29, 1.82) is 0 Å². The SMILES string of the molecule is O=C(c1ccc(Br)cc1O)N1CCCSCC1. The molecule has 0 saturated carbocycles. The van der Waals surface area contributed by atoms with Crippen molar-refractivity contribution in [2.75, 3.05) is 24.6 Å². The van der Waals surface area contributed by atoms with Gasteiger partial charge in [-0.05, 0) is 30.4 Å². The van der Waals surface area contributed by atoms with E-state index in [0.29, 0.717) is 5.56 Å². The van der Waals surface area contributed by atoms with Crippen LogP contribution in [0.4, 0.5) is 0 Å². The highest BCUT2D eigenvalue weighted by Gasteiger charge is 2.19. The zero-order valence-corrected chi connectivity index (χ0v) is 11.8. The summed E-state index contributed by atoms with van der Waals surface area (Å²) in [5.41, 5.74) is 0.389. The van der Waals surface area contributed by atoms with Crippen LogP contribution in [-0.4, -0.2) is 40.5 Å². The van der Waals surface area contributed by atoms with E-state index in [4.69, 9.17) is 0 Å². The summed E-state index contributed by atoms with van der Waals surface area (Å²) >= 11 is 5.14. The van der Waals surface area contributed by atoms with Crippen molar-refractivity contribution in [2.24, 2.45) is 0 Å². The number of benzene rings is 1. The molecule has 5 heteroatoms. The maximum absolute atomic E-state index is 12.2. The summed E-state index contributed by atoms with van der Waals surface area (Å²) in [5, 5.41) is 9.78. The van der Waals surface area contributed by atoms with E-state index in [2.05, 4.69) is 15.9 Å². The number of hydrogen-bond donors (Lipinski definition) is 1. The average Bonchev–Trinajstić information content (AvgIpc) is 2.56. The van der Waals surface area contributed by atoms with Crippen LogP contribution in [0.25, 0.3) is 0 Å². The van der Waals surface area contributed by atoms with Gasteiger partial charge < -0.3 is 10.0 Å². The molecule has 1 aromatic rings. The fourth-order valence-electron chi connectivity index (χ4n) is 1.81. The summed E-state index contributed by atoms with van der Waals surface area (Å²) in [5.74, 6) is 2.05. The van der Waals surface area contributed by atoms with E-state index in [1.165, 1.54) is 0 Å². The Morgan fingerprint density at radius 2 is 2.18 bits per heavy atom. The molecular weight excluding hydrogens is 302 g/mol. The standard InChI is InChI=1S/C12H14BrNO2S/c13-9-2-3-10(11(15)8-9)12(16)14-4-1-6-17-7-5-14/h2-3,8,15H,1,4-7H2. The molecular formula is C12H14BrNO2S. The summed E-state index contributed by atoms with van der Waals surface area (Å²) in [6.07, 6.45) is 1.02. The Balaban J connectivity index is 2.17. The topological polar surface area (TPSA) is 40.5 Å². The van der Waals surface area contributed by atoms with E-state index in [-0.39, 0.29) is 11.7 Å². The predicted molar refractivity (Wildman–Crippen MR) is 73.7 cm³/mol. The molecule has 17 heavy (non-hydrogen) atoms. The van der Waals surface area contributed by atoms with Crippen LogP contribution in [0.1, 0.15) is 16.8 Å². The molecule has 1 aromatic carbocycles. The van der Waals surface area contributed by atoms with Gasteiger partial charge in [0.1, 0.15) is 5.75 Å². The Labute approximate surface area is 113 Å². The molecule has 0 spiro atoms. The molecule has 3 nitrogen and oxygen atoms in total. The van der Waals surface area contributed by atoms with Crippen LogP contribution in [0.15, 0.2) is 22.7 Å². The molecule has 1 saturated heterocycles. The molecule has 92 valence electrons. The highest BCUT2D eigenvalue weighted by atomic mass is 79.9. The van der Waals surface area contributed by atoms with Gasteiger partial charge in [-0.1, -0.05) is 15.9 Å². The average molecular weight is 316 g/mol. The third kappa shape index (κ3) is 3.16. The van der Waals surface area contributed by atoms with E-state index in [1.54, 1.807) is 18.2 Å². The lowest BCUT2D eigenvalue weighted by molar-refractivity contribution is 0.0765. The van der Waals surface area contributed by atoms with E-state index >= 15 is 0 Å². The highest BCUT2D eigenvalue weighted by molar-refractivity contribution is 9.10. The van der Waals surface area contributed by atoms with E-state index in [9.17, 15) is 9.90 Å². The van der Waals surface area contributed by atoms with Crippen LogP contribution >= 0.6 is 27.7 Å². The number of carbonyl (C=O) groups excluding carboxylic acids is 1. The lowest BCUT2D eigenvalue weighted by atomic mass is 10.1. The molecule has 1 heterocycles. The third-order valence-corrected chi connectivity index (χ3v) is 4.24. The molecule has 1 N–H and O–H groups in total. The maximum atomic E-state index is 12.2. The molecule has 0 atom stereocenters. The quantitative estimate of drug-likeness (QED) is 0.866. The fraction of sp³-hybridized carbons (Fsp3) is 0.417. The van der Waals surface area contributed by atoms with Crippen LogP contribution in [0, 0.1) is 0 Å². The molecule has 1 fully saturated rings. The first-order valence-electron chi connectivity index (χ1n) is 5.54. The Bertz CT molecular complexity index is 417. The number of thioether (sulfide) groups is 1. The van der Waals surface area contributed by atoms with Gasteiger partial charge in [-0.25, -0.2) is 0 Å². The normalized spacial score (nSPS) is 16.6. The van der Waals surface area contributed by atoms with Crippen LogP contribution in [-0.2, 0) is 0 Å². The van der Waals surface area contributed by atoms with Crippen LogP contribution in [0.2, 0.25) is 0 Å². The fourth-order valence-corrected chi connectivity index (χ4v) is 3.04. The predicted octanol–water partition coefficient (Wildman–Crippen LogP) is 2.73. The zero-order valence-electron chi connectivity index (χ0n) is 9.36. The van der Waals surface area contributed by atoms with Crippen LogP contribution in [0.5, 0.6) is 5.75 Å². The molecule has 0 aliphatic carbocycles. The van der Waals surface area contributed by atoms with Gasteiger partial charge in [0.2, 0.25) is 0 Å². The van der Waals surface area contributed by atoms with Crippen molar-refractivity contribution < 1.29 is 9.90 Å². The summed E-state index contributed by atoms with van der Waals surface area (Å²) in [6, 6.07) is 5.00. The smallest absolute Gasteiger partial charge is 0.257 e. The number of nitrogens with zero attached hydrogens (tertiary/aromatic N) is 1. The largest absolute Gasteiger partial charge is 0.507 e. The Hall–Kier alpha value is -0.680. The molecule has 1 aliphatic rings. The van der Waals surface area contributed by atoms with Crippen molar-refractivity contribution in [1.82, 2.24) is 4.90 Å². The van der Waals surface area contributed by atoms with Crippen molar-refractivity contribution in [3.8, 4) is 5.75 Å². The monoisotopic (exact) mass is 315 g/mol. The van der Waals surface area contributed by atoms with Gasteiger partial charge in [0.25, 0.3) is 5.91 Å². The Kier molecular flexibility index (Phi) is 4.34. The van der Waals surface area contributed by atoms with Crippen molar-refractivity contribution >= 4 is 33.6 Å². The van der Waals surface area contributed by atoms with Crippen LogP contribution in [0.3, 0.4) is 0 Å². The molecule has 0 bridgehead atoms. The van der Waals surface area contributed by atoms with Gasteiger partial charge >= 0.3 is 0 Å². The van der Waals surface area contributed by atoms with Gasteiger partial charge in [-0.15, -0.1) is 0 Å². The number of phenols is 1. The first-order valence-corrected chi connectivity index (χ1v) is 7.49. The Morgan fingerprint density at radius 1 is 1.35 bits per heavy atom. The minimum absolute atomic E-state index is 0.0428. The second kappa shape index (κ2) is 5.78. The molecule has 0 unspecified atom stereocenters. The van der Waals surface area contributed by atoms with Crippen molar-refractivity contribution in [3.63, 3.8) is 0 Å². The summed E-state index contributed by atoms with van der Waals surface area (Å²) in [4.78, 5) is 14.0. The van der Waals surface area contributed by atoms with Gasteiger partial charge in [0.05, 0.1) is 5.56 Å². The van der Waals surface area contributed by atoms with E-state index < -0.39 is 0 Å². The first-order chi connectivity index (χ1) is 8.18. The molecule has 2 rings (SSSR count). The highest BCUT2D eigenvalue weighted by Crippen LogP contribution is 2.24. The number of rotatable bonds is 1. The van der Waals surface area contributed by atoms with Gasteiger partial charge in [-0.3, -0.25) is 4.79 Å².